The van der Waals surface area contributed by atoms with Crippen LogP contribution in [0.4, 0.5) is 10.1 Å². The van der Waals surface area contributed by atoms with Gasteiger partial charge < -0.3 is 10.0 Å². The second kappa shape index (κ2) is 4.88. The van der Waals surface area contributed by atoms with Gasteiger partial charge in [0.2, 0.25) is 0 Å². The molecule has 1 aliphatic heterocycles. The molecular weight excluding hydrogens is 217 g/mol. The quantitative estimate of drug-likeness (QED) is 0.796. The lowest BCUT2D eigenvalue weighted by Crippen LogP contribution is -2.30. The van der Waals surface area contributed by atoms with Gasteiger partial charge in [-0.15, -0.1) is 0 Å². The molecule has 92 valence electrons. The van der Waals surface area contributed by atoms with Crippen molar-refractivity contribution in [3.8, 4) is 0 Å². The Morgan fingerprint density at radius 2 is 2.18 bits per heavy atom. The van der Waals surface area contributed by atoms with Crippen molar-refractivity contribution in [1.29, 1.82) is 0 Å². The van der Waals surface area contributed by atoms with E-state index in [0.29, 0.717) is 5.56 Å². The molecular formula is C14H18FNO. The Kier molecular flexibility index (Phi) is 3.48. The maximum absolute atomic E-state index is 13.8. The van der Waals surface area contributed by atoms with Crippen molar-refractivity contribution in [2.45, 2.75) is 26.4 Å². The first-order valence-electron chi connectivity index (χ1n) is 5.96. The molecule has 1 N–H and O–H groups in total. The molecule has 1 aromatic rings. The zero-order valence-electron chi connectivity index (χ0n) is 10.3. The molecule has 17 heavy (non-hydrogen) atoms. The third-order valence-electron chi connectivity index (χ3n) is 3.12. The lowest BCUT2D eigenvalue weighted by atomic mass is 10.0. The van der Waals surface area contributed by atoms with Gasteiger partial charge in [0.15, 0.2) is 0 Å². The van der Waals surface area contributed by atoms with Crippen LogP contribution in [0.15, 0.2) is 29.8 Å². The highest BCUT2D eigenvalue weighted by atomic mass is 19.1. The lowest BCUT2D eigenvalue weighted by Gasteiger charge is -2.31. The minimum atomic E-state index is -0.780. The van der Waals surface area contributed by atoms with E-state index in [1.807, 2.05) is 6.07 Å². The van der Waals surface area contributed by atoms with Crippen molar-refractivity contribution in [2.24, 2.45) is 0 Å². The monoisotopic (exact) mass is 235 g/mol. The molecule has 0 unspecified atom stereocenters. The van der Waals surface area contributed by atoms with Gasteiger partial charge in [0.1, 0.15) is 5.82 Å². The zero-order valence-corrected chi connectivity index (χ0v) is 10.3. The predicted octanol–water partition coefficient (Wildman–Crippen LogP) is 3.04. The molecule has 0 fully saturated rings. The van der Waals surface area contributed by atoms with E-state index >= 15 is 0 Å². The van der Waals surface area contributed by atoms with E-state index < -0.39 is 6.10 Å². The molecule has 1 aliphatic rings. The summed E-state index contributed by atoms with van der Waals surface area (Å²) in [6.07, 6.45) is 2.40. The molecule has 0 aliphatic carbocycles. The first-order chi connectivity index (χ1) is 8.09. The largest absolute Gasteiger partial charge is 0.389 e. The maximum Gasteiger partial charge on any atom is 0.131 e. The second-order valence-electron chi connectivity index (χ2n) is 4.61. The number of benzene rings is 1. The summed E-state index contributed by atoms with van der Waals surface area (Å²) in [5.41, 5.74) is 2.51. The Bertz CT molecular complexity index is 440. The number of aliphatic hydroxyl groups is 1. The van der Waals surface area contributed by atoms with Gasteiger partial charge in [-0.25, -0.2) is 4.39 Å². The summed E-state index contributed by atoms with van der Waals surface area (Å²) in [4.78, 5) is 2.13. The highest BCUT2D eigenvalue weighted by Gasteiger charge is 2.19. The fourth-order valence-electron chi connectivity index (χ4n) is 2.33. The topological polar surface area (TPSA) is 23.5 Å². The molecule has 1 atom stereocenters. The number of anilines is 1. The van der Waals surface area contributed by atoms with Crippen molar-refractivity contribution < 1.29 is 9.50 Å². The van der Waals surface area contributed by atoms with Crippen LogP contribution in [0.2, 0.25) is 0 Å². The third kappa shape index (κ3) is 2.50. The number of nitrogens with zero attached hydrogens (tertiary/aromatic N) is 1. The standard InChI is InChI=1S/C14H18FNO/c1-10-5-4-8-16(9-10)13-7-3-6-12(15)14(13)11(2)17/h3,5-7,11,17H,4,8-9H2,1-2H3/t11-/m1/s1. The van der Waals surface area contributed by atoms with Crippen LogP contribution in [0.3, 0.4) is 0 Å². The fourth-order valence-corrected chi connectivity index (χ4v) is 2.33. The van der Waals surface area contributed by atoms with E-state index in [1.165, 1.54) is 11.6 Å². The number of halogens is 1. The fraction of sp³-hybridized carbons (Fsp3) is 0.429. The van der Waals surface area contributed by atoms with Gasteiger partial charge in [0.25, 0.3) is 0 Å². The number of aliphatic hydroxyl groups excluding tert-OH is 1. The molecule has 1 heterocycles. The van der Waals surface area contributed by atoms with E-state index in [9.17, 15) is 9.50 Å². The lowest BCUT2D eigenvalue weighted by molar-refractivity contribution is 0.194. The molecule has 2 nitrogen and oxygen atoms in total. The Morgan fingerprint density at radius 1 is 1.41 bits per heavy atom. The van der Waals surface area contributed by atoms with Crippen molar-refractivity contribution in [1.82, 2.24) is 0 Å². The maximum atomic E-state index is 13.8. The zero-order chi connectivity index (χ0) is 12.4. The molecule has 0 bridgehead atoms. The summed E-state index contributed by atoms with van der Waals surface area (Å²) < 4.78 is 13.8. The summed E-state index contributed by atoms with van der Waals surface area (Å²) in [5.74, 6) is -0.329. The predicted molar refractivity (Wildman–Crippen MR) is 67.6 cm³/mol. The first-order valence-corrected chi connectivity index (χ1v) is 5.96. The molecule has 2 rings (SSSR count). The molecule has 0 saturated heterocycles. The van der Waals surface area contributed by atoms with E-state index in [-0.39, 0.29) is 5.82 Å². The minimum Gasteiger partial charge on any atom is -0.389 e. The summed E-state index contributed by atoms with van der Waals surface area (Å²) in [5, 5.41) is 9.70. The highest BCUT2D eigenvalue weighted by Crippen LogP contribution is 2.30. The van der Waals surface area contributed by atoms with Gasteiger partial charge in [0, 0.05) is 24.3 Å². The van der Waals surface area contributed by atoms with Gasteiger partial charge >= 0.3 is 0 Å². The average Bonchev–Trinajstić information content (AvgIpc) is 2.28. The Morgan fingerprint density at radius 3 is 2.82 bits per heavy atom. The van der Waals surface area contributed by atoms with Crippen molar-refractivity contribution >= 4 is 5.69 Å². The van der Waals surface area contributed by atoms with Crippen LogP contribution < -0.4 is 4.90 Å². The third-order valence-corrected chi connectivity index (χ3v) is 3.12. The molecule has 0 aromatic heterocycles. The minimum absolute atomic E-state index is 0.329. The SMILES string of the molecule is CC1=CCCN(c2cccc(F)c2[C@@H](C)O)C1. The van der Waals surface area contributed by atoms with E-state index in [0.717, 1.165) is 25.2 Å². The summed E-state index contributed by atoms with van der Waals surface area (Å²) >= 11 is 0. The number of hydrogen-bond acceptors (Lipinski definition) is 2. The van der Waals surface area contributed by atoms with Crippen molar-refractivity contribution in [2.75, 3.05) is 18.0 Å². The Balaban J connectivity index is 2.38. The van der Waals surface area contributed by atoms with Gasteiger partial charge in [-0.1, -0.05) is 17.7 Å². The van der Waals surface area contributed by atoms with E-state index in [2.05, 4.69) is 17.9 Å². The Hall–Kier alpha value is -1.35. The van der Waals surface area contributed by atoms with Crippen LogP contribution in [0, 0.1) is 5.82 Å². The number of hydrogen-bond donors (Lipinski definition) is 1. The van der Waals surface area contributed by atoms with Gasteiger partial charge in [-0.3, -0.25) is 0 Å². The molecule has 1 aromatic carbocycles. The van der Waals surface area contributed by atoms with Crippen LogP contribution in [0.5, 0.6) is 0 Å². The normalized spacial score (nSPS) is 17.9. The van der Waals surface area contributed by atoms with Crippen LogP contribution in [0.1, 0.15) is 31.9 Å². The summed E-state index contributed by atoms with van der Waals surface area (Å²) in [7, 11) is 0. The smallest absolute Gasteiger partial charge is 0.131 e. The molecule has 3 heteroatoms. The Labute approximate surface area is 101 Å². The highest BCUT2D eigenvalue weighted by molar-refractivity contribution is 5.56. The van der Waals surface area contributed by atoms with E-state index in [4.69, 9.17) is 0 Å². The molecule has 0 radical (unpaired) electrons. The molecule has 0 saturated carbocycles. The van der Waals surface area contributed by atoms with Crippen molar-refractivity contribution in [3.63, 3.8) is 0 Å². The van der Waals surface area contributed by atoms with Crippen LogP contribution >= 0.6 is 0 Å². The van der Waals surface area contributed by atoms with Crippen LogP contribution in [-0.4, -0.2) is 18.2 Å². The summed E-state index contributed by atoms with van der Waals surface area (Å²) in [6, 6.07) is 4.98. The first kappa shape index (κ1) is 12.1. The summed E-state index contributed by atoms with van der Waals surface area (Å²) in [6.45, 7) is 5.37. The van der Waals surface area contributed by atoms with E-state index in [1.54, 1.807) is 13.0 Å². The number of rotatable bonds is 2. The van der Waals surface area contributed by atoms with Crippen LogP contribution in [0.25, 0.3) is 0 Å². The van der Waals surface area contributed by atoms with Gasteiger partial charge in [-0.05, 0) is 32.4 Å². The molecule has 0 amide bonds. The molecule has 0 spiro atoms. The average molecular weight is 235 g/mol. The van der Waals surface area contributed by atoms with Gasteiger partial charge in [0.05, 0.1) is 6.10 Å². The van der Waals surface area contributed by atoms with Crippen LogP contribution in [-0.2, 0) is 0 Å². The van der Waals surface area contributed by atoms with Gasteiger partial charge in [-0.2, -0.15) is 0 Å². The second-order valence-corrected chi connectivity index (χ2v) is 4.61. The van der Waals surface area contributed by atoms with Crippen molar-refractivity contribution in [3.05, 3.63) is 41.2 Å².